The van der Waals surface area contributed by atoms with Gasteiger partial charge in [0.2, 0.25) is 0 Å². The van der Waals surface area contributed by atoms with Crippen LogP contribution in [0, 0.1) is 0 Å². The Morgan fingerprint density at radius 2 is 1.44 bits per heavy atom. The first-order valence-corrected chi connectivity index (χ1v) is 10.3. The molecule has 0 fully saturated rings. The van der Waals surface area contributed by atoms with E-state index < -0.39 is 11.5 Å². The molecule has 0 radical (unpaired) electrons. The van der Waals surface area contributed by atoms with E-state index in [9.17, 15) is 9.59 Å². The maximum Gasteiger partial charge on any atom is 0.280 e. The van der Waals surface area contributed by atoms with Crippen LogP contribution in [0.5, 0.6) is 23.0 Å². The van der Waals surface area contributed by atoms with E-state index in [1.165, 1.54) is 28.4 Å². The molecule has 3 aromatic carbocycles. The molecule has 0 bridgehead atoms. The molecule has 0 unspecified atom stereocenters. The molecule has 9 nitrogen and oxygen atoms in total. The third-order valence-electron chi connectivity index (χ3n) is 5.29. The Hall–Kier alpha value is -4.53. The van der Waals surface area contributed by atoms with Crippen molar-refractivity contribution in [3.8, 4) is 34.4 Å². The Labute approximate surface area is 195 Å². The van der Waals surface area contributed by atoms with E-state index in [1.807, 2.05) is 0 Å². The topological polar surface area (TPSA) is 101 Å². The van der Waals surface area contributed by atoms with Gasteiger partial charge in [0.05, 0.1) is 39.3 Å². The van der Waals surface area contributed by atoms with Gasteiger partial charge < -0.3 is 18.9 Å². The van der Waals surface area contributed by atoms with Crippen molar-refractivity contribution in [1.29, 1.82) is 0 Å². The first kappa shape index (κ1) is 22.7. The molecule has 174 valence electrons. The summed E-state index contributed by atoms with van der Waals surface area (Å²) in [5.74, 6) is 1.18. The first-order chi connectivity index (χ1) is 16.5. The van der Waals surface area contributed by atoms with Gasteiger partial charge in [-0.05, 0) is 42.5 Å². The van der Waals surface area contributed by atoms with Gasteiger partial charge in [-0.3, -0.25) is 15.0 Å². The quantitative estimate of drug-likeness (QED) is 0.450. The predicted octanol–water partition coefficient (Wildman–Crippen LogP) is 3.48. The summed E-state index contributed by atoms with van der Waals surface area (Å²) >= 11 is 0. The van der Waals surface area contributed by atoms with Crippen molar-refractivity contribution in [2.75, 3.05) is 33.9 Å². The van der Waals surface area contributed by atoms with E-state index in [2.05, 4.69) is 10.4 Å². The van der Waals surface area contributed by atoms with Crippen molar-refractivity contribution in [1.82, 2.24) is 9.66 Å². The van der Waals surface area contributed by atoms with Gasteiger partial charge >= 0.3 is 0 Å². The second kappa shape index (κ2) is 9.53. The van der Waals surface area contributed by atoms with Crippen molar-refractivity contribution in [3.05, 3.63) is 76.6 Å². The minimum atomic E-state index is -0.602. The van der Waals surface area contributed by atoms with Gasteiger partial charge in [-0.25, -0.2) is 4.98 Å². The summed E-state index contributed by atoms with van der Waals surface area (Å²) in [6, 6.07) is 17.0. The molecule has 9 heteroatoms. The van der Waals surface area contributed by atoms with Gasteiger partial charge in [0.1, 0.15) is 17.1 Å². The van der Waals surface area contributed by atoms with Crippen molar-refractivity contribution < 1.29 is 23.7 Å². The van der Waals surface area contributed by atoms with Crippen LogP contribution in [-0.2, 0) is 0 Å². The zero-order valence-corrected chi connectivity index (χ0v) is 19.1. The Bertz CT molecular complexity index is 1410. The zero-order chi connectivity index (χ0) is 24.2. The lowest BCUT2D eigenvalue weighted by Gasteiger charge is -2.17. The van der Waals surface area contributed by atoms with Gasteiger partial charge in [0.15, 0.2) is 17.3 Å². The largest absolute Gasteiger partial charge is 0.496 e. The number of aromatic nitrogens is 2. The molecule has 1 amide bonds. The predicted molar refractivity (Wildman–Crippen MR) is 128 cm³/mol. The third kappa shape index (κ3) is 3.99. The van der Waals surface area contributed by atoms with E-state index in [1.54, 1.807) is 60.7 Å². The van der Waals surface area contributed by atoms with Crippen LogP contribution in [0.4, 0.5) is 0 Å². The summed E-state index contributed by atoms with van der Waals surface area (Å²) in [7, 11) is 5.94. The van der Waals surface area contributed by atoms with E-state index in [-0.39, 0.29) is 11.4 Å². The second-order valence-corrected chi connectivity index (χ2v) is 7.14. The molecule has 34 heavy (non-hydrogen) atoms. The van der Waals surface area contributed by atoms with Crippen LogP contribution in [0.15, 0.2) is 65.5 Å². The average Bonchev–Trinajstić information content (AvgIpc) is 2.89. The lowest BCUT2D eigenvalue weighted by atomic mass is 10.1. The van der Waals surface area contributed by atoms with E-state index in [4.69, 9.17) is 18.9 Å². The highest BCUT2D eigenvalue weighted by molar-refractivity contribution is 6.05. The summed E-state index contributed by atoms with van der Waals surface area (Å²) in [4.78, 5) is 31.5. The highest BCUT2D eigenvalue weighted by Gasteiger charge is 2.22. The summed E-state index contributed by atoms with van der Waals surface area (Å²) in [5, 5.41) is 0.346. The molecule has 0 aliphatic heterocycles. The molecule has 0 saturated heterocycles. The van der Waals surface area contributed by atoms with Crippen LogP contribution >= 0.6 is 0 Å². The van der Waals surface area contributed by atoms with Gasteiger partial charge in [-0.15, -0.1) is 0 Å². The Balaban J connectivity index is 1.92. The summed E-state index contributed by atoms with van der Waals surface area (Å²) in [6.45, 7) is 0. The SMILES string of the molecule is COc1ccc(-c2nc3ccccc3c(=O)n2NC(=O)c2c(OC)cccc2OC)cc1OC. The third-order valence-corrected chi connectivity index (χ3v) is 5.29. The molecule has 1 heterocycles. The van der Waals surface area contributed by atoms with Crippen LogP contribution in [0.25, 0.3) is 22.3 Å². The minimum Gasteiger partial charge on any atom is -0.496 e. The molecule has 1 N–H and O–H groups in total. The smallest absolute Gasteiger partial charge is 0.280 e. The lowest BCUT2D eigenvalue weighted by molar-refractivity contribution is 0.100. The summed E-state index contributed by atoms with van der Waals surface area (Å²) in [5.41, 5.74) is 3.39. The number of benzene rings is 3. The molecule has 0 aliphatic carbocycles. The van der Waals surface area contributed by atoms with Crippen molar-refractivity contribution in [2.24, 2.45) is 0 Å². The van der Waals surface area contributed by atoms with Crippen LogP contribution < -0.4 is 29.9 Å². The number of carbonyl (C=O) groups excluding carboxylic acids is 1. The Morgan fingerprint density at radius 3 is 2.09 bits per heavy atom. The molecule has 0 atom stereocenters. The number of methoxy groups -OCH3 is 4. The monoisotopic (exact) mass is 461 g/mol. The van der Waals surface area contributed by atoms with E-state index >= 15 is 0 Å². The number of nitrogens with zero attached hydrogens (tertiary/aromatic N) is 2. The van der Waals surface area contributed by atoms with Crippen LogP contribution in [-0.4, -0.2) is 44.0 Å². The number of hydrogen-bond donors (Lipinski definition) is 1. The number of nitrogens with one attached hydrogen (secondary N) is 1. The Kier molecular flexibility index (Phi) is 6.35. The number of para-hydroxylation sites is 1. The van der Waals surface area contributed by atoms with Gasteiger partial charge in [-0.1, -0.05) is 18.2 Å². The average molecular weight is 461 g/mol. The van der Waals surface area contributed by atoms with Crippen LogP contribution in [0.3, 0.4) is 0 Å². The fraction of sp³-hybridized carbons (Fsp3) is 0.160. The van der Waals surface area contributed by atoms with E-state index in [0.717, 1.165) is 4.68 Å². The maximum absolute atomic E-state index is 13.5. The first-order valence-electron chi connectivity index (χ1n) is 10.3. The minimum absolute atomic E-state index is 0.144. The van der Waals surface area contributed by atoms with Crippen LogP contribution in [0.2, 0.25) is 0 Å². The molecule has 0 aliphatic rings. The number of fused-ring (bicyclic) bond motifs is 1. The molecule has 1 aromatic heterocycles. The van der Waals surface area contributed by atoms with Gasteiger partial charge in [-0.2, -0.15) is 4.68 Å². The standard InChI is InChI=1S/C25H23N3O6/c1-31-18-13-12-15(14-21(18)34-4)23-26-17-9-6-5-8-16(17)25(30)28(23)27-24(29)22-19(32-2)10-7-11-20(22)33-3/h5-14H,1-4H3,(H,27,29). The summed E-state index contributed by atoms with van der Waals surface area (Å²) in [6.07, 6.45) is 0. The molecular formula is C25H23N3O6. The van der Waals surface area contributed by atoms with Gasteiger partial charge in [0, 0.05) is 5.56 Å². The molecule has 4 rings (SSSR count). The number of carbonyl (C=O) groups is 1. The normalized spacial score (nSPS) is 10.6. The van der Waals surface area contributed by atoms with Crippen molar-refractivity contribution >= 4 is 16.8 Å². The number of ether oxygens (including phenoxy) is 4. The highest BCUT2D eigenvalue weighted by Crippen LogP contribution is 2.32. The lowest BCUT2D eigenvalue weighted by Crippen LogP contribution is -2.35. The summed E-state index contributed by atoms with van der Waals surface area (Å²) < 4.78 is 22.5. The number of hydrogen-bond acceptors (Lipinski definition) is 7. The fourth-order valence-corrected chi connectivity index (χ4v) is 3.64. The fourth-order valence-electron chi connectivity index (χ4n) is 3.64. The zero-order valence-electron chi connectivity index (χ0n) is 19.1. The van der Waals surface area contributed by atoms with Crippen LogP contribution in [0.1, 0.15) is 10.4 Å². The second-order valence-electron chi connectivity index (χ2n) is 7.14. The Morgan fingerprint density at radius 1 is 0.794 bits per heavy atom. The maximum atomic E-state index is 13.5. The van der Waals surface area contributed by atoms with Gasteiger partial charge in [0.25, 0.3) is 11.5 Å². The van der Waals surface area contributed by atoms with E-state index in [0.29, 0.717) is 39.5 Å². The molecule has 0 spiro atoms. The highest BCUT2D eigenvalue weighted by atomic mass is 16.5. The number of amides is 1. The van der Waals surface area contributed by atoms with Crippen molar-refractivity contribution in [2.45, 2.75) is 0 Å². The number of rotatable bonds is 7. The molecular weight excluding hydrogens is 438 g/mol. The molecule has 0 saturated carbocycles. The van der Waals surface area contributed by atoms with Crippen molar-refractivity contribution in [3.63, 3.8) is 0 Å². The molecule has 4 aromatic rings.